The van der Waals surface area contributed by atoms with Gasteiger partial charge in [-0.05, 0) is 77.3 Å². The topological polar surface area (TPSA) is 123 Å². The Balaban J connectivity index is 1.54. The second-order valence-electron chi connectivity index (χ2n) is 11.8. The summed E-state index contributed by atoms with van der Waals surface area (Å²) >= 11 is 0. The number of aryl methyl sites for hydroxylation is 1. The van der Waals surface area contributed by atoms with Gasteiger partial charge in [-0.3, -0.25) is 4.79 Å². The van der Waals surface area contributed by atoms with Gasteiger partial charge in [0.25, 0.3) is 0 Å². The normalized spacial score (nSPS) is 23.0. The number of carbonyl (C=O) groups is 2. The van der Waals surface area contributed by atoms with E-state index in [4.69, 9.17) is 14.2 Å². The van der Waals surface area contributed by atoms with E-state index in [1.807, 2.05) is 61.5 Å². The number of carboxylic acids is 1. The summed E-state index contributed by atoms with van der Waals surface area (Å²) in [5.41, 5.74) is 3.51. The van der Waals surface area contributed by atoms with Crippen LogP contribution in [0.25, 0.3) is 11.1 Å². The first-order chi connectivity index (χ1) is 21.2. The predicted molar refractivity (Wildman–Crippen MR) is 166 cm³/mol. The van der Waals surface area contributed by atoms with Gasteiger partial charge in [0.15, 0.2) is 17.1 Å². The zero-order valence-electron chi connectivity index (χ0n) is 25.4. The van der Waals surface area contributed by atoms with Crippen LogP contribution in [0.4, 0.5) is 0 Å². The lowest BCUT2D eigenvalue weighted by Gasteiger charge is -2.32. The fourth-order valence-corrected chi connectivity index (χ4v) is 6.89. The van der Waals surface area contributed by atoms with Crippen molar-refractivity contribution in [2.75, 3.05) is 14.2 Å². The molecule has 4 atom stereocenters. The molecule has 0 saturated heterocycles. The van der Waals surface area contributed by atoms with Crippen molar-refractivity contribution in [3.05, 3.63) is 94.8 Å². The van der Waals surface area contributed by atoms with E-state index >= 15 is 0 Å². The van der Waals surface area contributed by atoms with Crippen molar-refractivity contribution in [1.29, 1.82) is 0 Å². The summed E-state index contributed by atoms with van der Waals surface area (Å²) in [5, 5.41) is 32.7. The fourth-order valence-electron chi connectivity index (χ4n) is 6.89. The molecule has 1 saturated carbocycles. The maximum atomic E-state index is 13.7. The average Bonchev–Trinajstić information content (AvgIpc) is 3.58. The number of aliphatic hydroxyl groups is 2. The van der Waals surface area contributed by atoms with Crippen molar-refractivity contribution in [2.24, 2.45) is 5.92 Å². The van der Waals surface area contributed by atoms with E-state index < -0.39 is 29.6 Å². The minimum atomic E-state index is -1.57. The SMILES string of the molecule is CCCC(=C(O)[C@]1(OC(=O)c2ccc(-c3ccccc3)cc2)C[C@H](CC(=O)O)[C@H](O)C1)C1CCc2cc(OC)c(OC)cc21. The number of rotatable bonds is 11. The number of carbonyl (C=O) groups excluding carboxylic acids is 1. The van der Waals surface area contributed by atoms with Gasteiger partial charge in [-0.15, -0.1) is 0 Å². The summed E-state index contributed by atoms with van der Waals surface area (Å²) in [4.78, 5) is 25.3. The third kappa shape index (κ3) is 6.17. The van der Waals surface area contributed by atoms with Crippen molar-refractivity contribution in [3.8, 4) is 22.6 Å². The quantitative estimate of drug-likeness (QED) is 0.161. The van der Waals surface area contributed by atoms with Crippen molar-refractivity contribution >= 4 is 11.9 Å². The predicted octanol–water partition coefficient (Wildman–Crippen LogP) is 6.85. The maximum absolute atomic E-state index is 13.7. The van der Waals surface area contributed by atoms with Gasteiger partial charge in [0.05, 0.1) is 32.3 Å². The molecule has 232 valence electrons. The summed E-state index contributed by atoms with van der Waals surface area (Å²) in [6, 6.07) is 20.7. The summed E-state index contributed by atoms with van der Waals surface area (Å²) < 4.78 is 17.3. The molecule has 0 aliphatic heterocycles. The summed E-state index contributed by atoms with van der Waals surface area (Å²) in [6.45, 7) is 2.02. The number of allylic oxidation sites excluding steroid dienone is 1. The summed E-state index contributed by atoms with van der Waals surface area (Å²) in [7, 11) is 3.18. The largest absolute Gasteiger partial charge is 0.508 e. The van der Waals surface area contributed by atoms with Crippen molar-refractivity contribution in [2.45, 2.75) is 69.5 Å². The average molecular weight is 601 g/mol. The number of ether oxygens (including phenoxy) is 3. The maximum Gasteiger partial charge on any atom is 0.339 e. The third-order valence-corrected chi connectivity index (χ3v) is 9.03. The fraction of sp³-hybridized carbons (Fsp3) is 0.389. The van der Waals surface area contributed by atoms with Gasteiger partial charge in [-0.25, -0.2) is 4.79 Å². The first kappa shape index (κ1) is 31.1. The molecule has 2 aliphatic rings. The second-order valence-corrected chi connectivity index (χ2v) is 11.8. The zero-order chi connectivity index (χ0) is 31.4. The number of benzene rings is 3. The molecule has 0 amide bonds. The van der Waals surface area contributed by atoms with Crippen LogP contribution in [-0.2, 0) is 16.0 Å². The smallest absolute Gasteiger partial charge is 0.339 e. The lowest BCUT2D eigenvalue weighted by atomic mass is 9.83. The Bertz CT molecular complexity index is 1530. The van der Waals surface area contributed by atoms with Gasteiger partial charge >= 0.3 is 11.9 Å². The number of hydrogen-bond donors (Lipinski definition) is 3. The first-order valence-corrected chi connectivity index (χ1v) is 15.2. The van der Waals surface area contributed by atoms with E-state index in [1.54, 1.807) is 26.4 Å². The Kier molecular flexibility index (Phi) is 9.30. The lowest BCUT2D eigenvalue weighted by molar-refractivity contribution is -0.138. The Labute approximate surface area is 257 Å². The van der Waals surface area contributed by atoms with E-state index in [1.165, 1.54) is 0 Å². The van der Waals surface area contributed by atoms with Crippen LogP contribution in [-0.4, -0.2) is 53.2 Å². The molecule has 3 aromatic carbocycles. The lowest BCUT2D eigenvalue weighted by Crippen LogP contribution is -2.37. The Hall–Kier alpha value is -4.30. The van der Waals surface area contributed by atoms with E-state index in [-0.39, 0.29) is 30.9 Å². The van der Waals surface area contributed by atoms with Crippen LogP contribution >= 0.6 is 0 Å². The van der Waals surface area contributed by atoms with Gasteiger partial charge in [0, 0.05) is 18.8 Å². The highest BCUT2D eigenvalue weighted by Crippen LogP contribution is 2.50. The summed E-state index contributed by atoms with van der Waals surface area (Å²) in [5.74, 6) is -1.42. The van der Waals surface area contributed by atoms with Crippen LogP contribution in [0.2, 0.25) is 0 Å². The molecular formula is C36H40O8. The number of aliphatic carboxylic acids is 1. The molecule has 0 heterocycles. The molecule has 0 radical (unpaired) electrons. The minimum Gasteiger partial charge on any atom is -0.508 e. The van der Waals surface area contributed by atoms with Crippen LogP contribution in [0.3, 0.4) is 0 Å². The molecule has 1 fully saturated rings. The van der Waals surface area contributed by atoms with Crippen LogP contribution in [0, 0.1) is 5.92 Å². The molecule has 3 N–H and O–H groups in total. The van der Waals surface area contributed by atoms with Gasteiger partial charge in [0.2, 0.25) is 0 Å². The number of fused-ring (bicyclic) bond motifs is 1. The van der Waals surface area contributed by atoms with E-state index in [0.29, 0.717) is 23.5 Å². The van der Waals surface area contributed by atoms with E-state index in [0.717, 1.165) is 47.1 Å². The zero-order valence-corrected chi connectivity index (χ0v) is 25.4. The van der Waals surface area contributed by atoms with Gasteiger partial charge < -0.3 is 29.5 Å². The molecule has 3 aromatic rings. The molecule has 0 spiro atoms. The third-order valence-electron chi connectivity index (χ3n) is 9.03. The molecule has 0 aromatic heterocycles. The van der Waals surface area contributed by atoms with E-state index in [2.05, 4.69) is 0 Å². The molecule has 0 bridgehead atoms. The summed E-state index contributed by atoms with van der Waals surface area (Å²) in [6.07, 6.45) is 1.31. The highest BCUT2D eigenvalue weighted by molar-refractivity contribution is 5.90. The van der Waals surface area contributed by atoms with Gasteiger partial charge in [0.1, 0.15) is 5.76 Å². The monoisotopic (exact) mass is 600 g/mol. The molecule has 8 nitrogen and oxygen atoms in total. The molecule has 5 rings (SSSR count). The molecular weight excluding hydrogens is 560 g/mol. The second kappa shape index (κ2) is 13.1. The minimum absolute atomic E-state index is 0.00113. The van der Waals surface area contributed by atoms with Crippen LogP contribution in [0.1, 0.15) is 72.9 Å². The van der Waals surface area contributed by atoms with Crippen LogP contribution in [0.15, 0.2) is 78.1 Å². The van der Waals surface area contributed by atoms with Crippen molar-refractivity contribution < 1.29 is 39.1 Å². The Morgan fingerprint density at radius 2 is 1.57 bits per heavy atom. The standard InChI is InChI=1S/C36H40O8/c1-4-8-28(27-16-15-25-17-31(42-2)32(43-3)19-29(25)27)34(40)36(20-26(18-33(38)39)30(37)21-36)44-35(41)24-13-11-23(12-14-24)22-9-6-5-7-10-22/h5-7,9-14,17,19,26-27,30,37,40H,4,8,15-16,18,20-21H2,1-3H3,(H,38,39)/t26-,27?,30+,36-/m0/s1. The van der Waals surface area contributed by atoms with E-state index in [9.17, 15) is 24.9 Å². The Morgan fingerprint density at radius 3 is 2.20 bits per heavy atom. The van der Waals surface area contributed by atoms with Crippen molar-refractivity contribution in [3.63, 3.8) is 0 Å². The van der Waals surface area contributed by atoms with Crippen LogP contribution in [0.5, 0.6) is 11.5 Å². The van der Waals surface area contributed by atoms with Gasteiger partial charge in [-0.1, -0.05) is 55.8 Å². The molecule has 8 heteroatoms. The highest BCUT2D eigenvalue weighted by Gasteiger charge is 2.53. The van der Waals surface area contributed by atoms with Gasteiger partial charge in [-0.2, -0.15) is 0 Å². The number of carboxylic acid groups (broad SMARTS) is 1. The molecule has 1 unspecified atom stereocenters. The Morgan fingerprint density at radius 1 is 0.909 bits per heavy atom. The number of aliphatic hydroxyl groups excluding tert-OH is 2. The molecule has 2 aliphatic carbocycles. The number of hydrogen-bond acceptors (Lipinski definition) is 7. The first-order valence-electron chi connectivity index (χ1n) is 15.2. The van der Waals surface area contributed by atoms with Crippen LogP contribution < -0.4 is 9.47 Å². The van der Waals surface area contributed by atoms with Crippen molar-refractivity contribution in [1.82, 2.24) is 0 Å². The number of esters is 1. The molecule has 44 heavy (non-hydrogen) atoms. The number of methoxy groups -OCH3 is 2. The highest BCUT2D eigenvalue weighted by atomic mass is 16.6.